The summed E-state index contributed by atoms with van der Waals surface area (Å²) in [5.74, 6) is 1.12. The number of rotatable bonds is 6. The molecule has 0 radical (unpaired) electrons. The van der Waals surface area contributed by atoms with Crippen molar-refractivity contribution in [3.8, 4) is 11.5 Å². The summed E-state index contributed by atoms with van der Waals surface area (Å²) in [6.07, 6.45) is 1.66. The van der Waals surface area contributed by atoms with Crippen LogP contribution in [0.5, 0.6) is 11.5 Å². The molecule has 1 heterocycles. The van der Waals surface area contributed by atoms with Gasteiger partial charge in [-0.25, -0.2) is 9.79 Å². The van der Waals surface area contributed by atoms with Gasteiger partial charge in [0.05, 0.1) is 18.8 Å². The lowest BCUT2D eigenvalue weighted by molar-refractivity contribution is -0.129. The van der Waals surface area contributed by atoms with Crippen molar-refractivity contribution in [3.05, 3.63) is 63.8 Å². The maximum atomic E-state index is 12.2. The first-order valence-corrected chi connectivity index (χ1v) is 9.08. The Hall–Kier alpha value is -2.60. The summed E-state index contributed by atoms with van der Waals surface area (Å²) in [6, 6.07) is 12.9. The Labute approximate surface area is 160 Å². The second-order valence-corrected chi connectivity index (χ2v) is 6.24. The molecule has 5 nitrogen and oxygen atoms in total. The zero-order valence-electron chi connectivity index (χ0n) is 14.5. The summed E-state index contributed by atoms with van der Waals surface area (Å²) in [5.41, 5.74) is 1.68. The van der Waals surface area contributed by atoms with E-state index in [0.717, 1.165) is 15.6 Å². The van der Waals surface area contributed by atoms with Gasteiger partial charge in [-0.05, 0) is 60.1 Å². The summed E-state index contributed by atoms with van der Waals surface area (Å²) < 4.78 is 17.3. The third-order valence-corrected chi connectivity index (χ3v) is 4.30. The van der Waals surface area contributed by atoms with Gasteiger partial charge in [0.25, 0.3) is 0 Å². The van der Waals surface area contributed by atoms with Gasteiger partial charge >= 0.3 is 5.97 Å². The van der Waals surface area contributed by atoms with Crippen LogP contribution in [-0.2, 0) is 9.53 Å². The molecular formula is C20H18BrNO4. The van der Waals surface area contributed by atoms with Crippen molar-refractivity contribution in [1.82, 2.24) is 0 Å². The Kier molecular flexibility index (Phi) is 5.73. The Morgan fingerprint density at radius 1 is 1.12 bits per heavy atom. The molecule has 0 aliphatic carbocycles. The first-order valence-electron chi connectivity index (χ1n) is 8.29. The average molecular weight is 416 g/mol. The lowest BCUT2D eigenvalue weighted by Crippen LogP contribution is -2.06. The maximum absolute atomic E-state index is 12.2. The van der Waals surface area contributed by atoms with Crippen molar-refractivity contribution in [2.45, 2.75) is 13.8 Å². The van der Waals surface area contributed by atoms with Gasteiger partial charge in [-0.15, -0.1) is 0 Å². The van der Waals surface area contributed by atoms with Gasteiger partial charge in [-0.2, -0.15) is 0 Å². The molecule has 0 atom stereocenters. The van der Waals surface area contributed by atoms with Crippen molar-refractivity contribution >= 4 is 33.9 Å². The van der Waals surface area contributed by atoms with Gasteiger partial charge in [0.1, 0.15) is 11.5 Å². The van der Waals surface area contributed by atoms with Crippen LogP contribution in [0.3, 0.4) is 0 Å². The van der Waals surface area contributed by atoms with Crippen LogP contribution in [0.4, 0.5) is 0 Å². The van der Waals surface area contributed by atoms with E-state index in [4.69, 9.17) is 14.2 Å². The molecule has 0 bridgehead atoms. The number of esters is 1. The van der Waals surface area contributed by atoms with E-state index < -0.39 is 5.97 Å². The zero-order valence-corrected chi connectivity index (χ0v) is 16.1. The highest BCUT2D eigenvalue weighted by molar-refractivity contribution is 9.10. The third-order valence-electron chi connectivity index (χ3n) is 3.61. The van der Waals surface area contributed by atoms with E-state index in [2.05, 4.69) is 20.9 Å². The van der Waals surface area contributed by atoms with Crippen LogP contribution in [-0.4, -0.2) is 25.1 Å². The number of hydrogen-bond donors (Lipinski definition) is 0. The minimum atomic E-state index is -0.493. The van der Waals surface area contributed by atoms with E-state index in [1.54, 1.807) is 12.1 Å². The molecule has 0 N–H and O–H groups in total. The number of aliphatic imine (C=N–C) groups is 1. The molecule has 3 rings (SSSR count). The number of benzene rings is 2. The molecule has 26 heavy (non-hydrogen) atoms. The van der Waals surface area contributed by atoms with Crippen LogP contribution in [0.15, 0.2) is 57.6 Å². The predicted octanol–water partition coefficient (Wildman–Crippen LogP) is 4.59. The quantitative estimate of drug-likeness (QED) is 0.511. The number of cyclic esters (lactones) is 1. The molecule has 6 heteroatoms. The van der Waals surface area contributed by atoms with Gasteiger partial charge in [-0.3, -0.25) is 0 Å². The highest BCUT2D eigenvalue weighted by Gasteiger charge is 2.25. The van der Waals surface area contributed by atoms with E-state index >= 15 is 0 Å². The number of hydrogen-bond acceptors (Lipinski definition) is 5. The number of halogens is 1. The van der Waals surface area contributed by atoms with Crippen molar-refractivity contribution in [2.24, 2.45) is 4.99 Å². The second kappa shape index (κ2) is 8.19. The minimum absolute atomic E-state index is 0.223. The summed E-state index contributed by atoms with van der Waals surface area (Å²) >= 11 is 3.44. The molecule has 0 fully saturated rings. The summed E-state index contributed by atoms with van der Waals surface area (Å²) in [4.78, 5) is 16.6. The van der Waals surface area contributed by atoms with Crippen LogP contribution >= 0.6 is 15.9 Å². The van der Waals surface area contributed by atoms with Gasteiger partial charge < -0.3 is 14.2 Å². The number of nitrogens with zero attached hydrogens (tertiary/aromatic N) is 1. The van der Waals surface area contributed by atoms with Crippen molar-refractivity contribution in [3.63, 3.8) is 0 Å². The molecule has 1 aliphatic heterocycles. The van der Waals surface area contributed by atoms with Gasteiger partial charge in [0, 0.05) is 16.1 Å². The molecule has 0 saturated carbocycles. The highest BCUT2D eigenvalue weighted by Crippen LogP contribution is 2.29. The predicted molar refractivity (Wildman–Crippen MR) is 104 cm³/mol. The minimum Gasteiger partial charge on any atom is -0.494 e. The van der Waals surface area contributed by atoms with E-state index in [0.29, 0.717) is 24.7 Å². The van der Waals surface area contributed by atoms with Crippen LogP contribution in [0.2, 0.25) is 0 Å². The smallest absolute Gasteiger partial charge is 0.363 e. The average Bonchev–Trinajstić information content (AvgIpc) is 2.98. The zero-order chi connectivity index (χ0) is 18.5. The van der Waals surface area contributed by atoms with E-state index in [-0.39, 0.29) is 11.6 Å². The van der Waals surface area contributed by atoms with Crippen LogP contribution in [0, 0.1) is 0 Å². The molecule has 0 amide bonds. The summed E-state index contributed by atoms with van der Waals surface area (Å²) in [5, 5.41) is 0. The molecule has 2 aromatic carbocycles. The van der Waals surface area contributed by atoms with Crippen LogP contribution in [0.25, 0.3) is 6.08 Å². The fourth-order valence-electron chi connectivity index (χ4n) is 2.48. The monoisotopic (exact) mass is 415 g/mol. The van der Waals surface area contributed by atoms with Gasteiger partial charge in [0.2, 0.25) is 5.90 Å². The first-order chi connectivity index (χ1) is 12.6. The fraction of sp³-hybridized carbons (Fsp3) is 0.200. The Morgan fingerprint density at radius 2 is 1.88 bits per heavy atom. The number of ether oxygens (including phenoxy) is 3. The Morgan fingerprint density at radius 3 is 2.62 bits per heavy atom. The molecular weight excluding hydrogens is 398 g/mol. The Balaban J connectivity index is 1.96. The van der Waals surface area contributed by atoms with Gasteiger partial charge in [0.15, 0.2) is 5.70 Å². The Bertz CT molecular complexity index is 889. The van der Waals surface area contributed by atoms with Crippen molar-refractivity contribution in [2.75, 3.05) is 13.2 Å². The topological polar surface area (TPSA) is 57.1 Å². The third kappa shape index (κ3) is 3.96. The lowest BCUT2D eigenvalue weighted by Gasteiger charge is -2.10. The van der Waals surface area contributed by atoms with Crippen LogP contribution < -0.4 is 9.47 Å². The molecule has 2 aromatic rings. The second-order valence-electron chi connectivity index (χ2n) is 5.38. The normalized spacial score (nSPS) is 15.0. The molecule has 0 spiro atoms. The molecule has 0 saturated heterocycles. The van der Waals surface area contributed by atoms with Crippen molar-refractivity contribution in [1.29, 1.82) is 0 Å². The highest BCUT2D eigenvalue weighted by atomic mass is 79.9. The number of carbonyl (C=O) groups excluding carboxylic acids is 1. The summed E-state index contributed by atoms with van der Waals surface area (Å²) in [7, 11) is 0. The standard InChI is InChI=1S/C20H18BrNO4/c1-3-24-14-10-9-13(18(12-14)25-4-2)11-17-20(23)26-19(22-17)15-7-5-6-8-16(15)21/h5-12H,3-4H2,1-2H3. The summed E-state index contributed by atoms with van der Waals surface area (Å²) in [6.45, 7) is 4.89. The fourth-order valence-corrected chi connectivity index (χ4v) is 2.93. The SMILES string of the molecule is CCOc1ccc(C=C2N=C(c3ccccc3Br)OC2=O)c(OCC)c1. The maximum Gasteiger partial charge on any atom is 0.363 e. The van der Waals surface area contributed by atoms with Crippen molar-refractivity contribution < 1.29 is 19.0 Å². The van der Waals surface area contributed by atoms with E-state index in [9.17, 15) is 4.79 Å². The van der Waals surface area contributed by atoms with Gasteiger partial charge in [-0.1, -0.05) is 12.1 Å². The molecule has 1 aliphatic rings. The van der Waals surface area contributed by atoms with E-state index in [1.165, 1.54) is 0 Å². The lowest BCUT2D eigenvalue weighted by atomic mass is 10.1. The largest absolute Gasteiger partial charge is 0.494 e. The van der Waals surface area contributed by atoms with Crippen LogP contribution in [0.1, 0.15) is 25.0 Å². The molecule has 0 aromatic heterocycles. The molecule has 134 valence electrons. The molecule has 0 unspecified atom stereocenters. The first kappa shape index (κ1) is 18.2. The van der Waals surface area contributed by atoms with E-state index in [1.807, 2.05) is 50.2 Å². The number of carbonyl (C=O) groups is 1.